The lowest BCUT2D eigenvalue weighted by molar-refractivity contribution is 0.173. The second-order valence-electron chi connectivity index (χ2n) is 5.20. The van der Waals surface area contributed by atoms with E-state index in [0.717, 1.165) is 12.1 Å². The van der Waals surface area contributed by atoms with E-state index >= 15 is 0 Å². The van der Waals surface area contributed by atoms with E-state index in [1.807, 2.05) is 37.3 Å². The maximum absolute atomic E-state index is 9.70. The summed E-state index contributed by atoms with van der Waals surface area (Å²) in [5, 5.41) is 13.1. The van der Waals surface area contributed by atoms with Gasteiger partial charge in [0.2, 0.25) is 0 Å². The van der Waals surface area contributed by atoms with Crippen LogP contribution < -0.4 is 5.32 Å². The van der Waals surface area contributed by atoms with E-state index in [1.54, 1.807) is 0 Å². The third-order valence-corrected chi connectivity index (χ3v) is 3.53. The Hall–Kier alpha value is -1.64. The average Bonchev–Trinajstić information content (AvgIpc) is 2.47. The first-order valence-electron chi connectivity index (χ1n) is 6.61. The summed E-state index contributed by atoms with van der Waals surface area (Å²) in [7, 11) is 0. The number of hydrogen-bond donors (Lipinski definition) is 2. The van der Waals surface area contributed by atoms with Gasteiger partial charge in [0.1, 0.15) is 0 Å². The van der Waals surface area contributed by atoms with E-state index in [1.165, 1.54) is 11.1 Å². The molecule has 0 spiro atoms. The van der Waals surface area contributed by atoms with Crippen molar-refractivity contribution in [2.24, 2.45) is 0 Å². The Labute approximate surface area is 115 Å². The standard InChI is InChI=1S/C17H21NO/c1-14-8-10-15(11-9-14)12-18-17(2,13-19)16-6-4-3-5-7-16/h3-11,18-19H,12-13H2,1-2H3. The van der Waals surface area contributed by atoms with Crippen molar-refractivity contribution in [2.45, 2.75) is 25.9 Å². The molecular weight excluding hydrogens is 234 g/mol. The molecule has 0 aliphatic heterocycles. The minimum Gasteiger partial charge on any atom is -0.394 e. The second kappa shape index (κ2) is 6.00. The summed E-state index contributed by atoms with van der Waals surface area (Å²) < 4.78 is 0. The van der Waals surface area contributed by atoms with Crippen LogP contribution in [0, 0.1) is 6.92 Å². The van der Waals surface area contributed by atoms with Crippen LogP contribution in [0.25, 0.3) is 0 Å². The van der Waals surface area contributed by atoms with Crippen LogP contribution in [0.15, 0.2) is 54.6 Å². The minimum absolute atomic E-state index is 0.0723. The molecular formula is C17H21NO. The SMILES string of the molecule is Cc1ccc(CNC(C)(CO)c2ccccc2)cc1. The molecule has 0 radical (unpaired) electrons. The van der Waals surface area contributed by atoms with Crippen LogP contribution in [0.1, 0.15) is 23.6 Å². The van der Waals surface area contributed by atoms with E-state index in [2.05, 4.69) is 36.5 Å². The van der Waals surface area contributed by atoms with Gasteiger partial charge in [-0.05, 0) is 25.0 Å². The van der Waals surface area contributed by atoms with Gasteiger partial charge in [0.05, 0.1) is 12.1 Å². The Morgan fingerprint density at radius 3 is 2.21 bits per heavy atom. The molecule has 2 rings (SSSR count). The van der Waals surface area contributed by atoms with Gasteiger partial charge in [0.15, 0.2) is 0 Å². The zero-order valence-electron chi connectivity index (χ0n) is 11.6. The molecule has 0 aliphatic carbocycles. The van der Waals surface area contributed by atoms with Crippen molar-refractivity contribution < 1.29 is 5.11 Å². The lowest BCUT2D eigenvalue weighted by Gasteiger charge is -2.29. The zero-order valence-corrected chi connectivity index (χ0v) is 11.6. The molecule has 1 unspecified atom stereocenters. The van der Waals surface area contributed by atoms with Gasteiger partial charge >= 0.3 is 0 Å². The molecule has 0 aromatic heterocycles. The van der Waals surface area contributed by atoms with Crippen molar-refractivity contribution in [1.82, 2.24) is 5.32 Å². The number of aliphatic hydroxyl groups is 1. The van der Waals surface area contributed by atoms with Crippen molar-refractivity contribution in [2.75, 3.05) is 6.61 Å². The largest absolute Gasteiger partial charge is 0.394 e. The molecule has 19 heavy (non-hydrogen) atoms. The highest BCUT2D eigenvalue weighted by molar-refractivity contribution is 5.25. The molecule has 2 heteroatoms. The van der Waals surface area contributed by atoms with Gasteiger partial charge in [0, 0.05) is 6.54 Å². The fourth-order valence-electron chi connectivity index (χ4n) is 2.06. The molecule has 100 valence electrons. The molecule has 2 nitrogen and oxygen atoms in total. The van der Waals surface area contributed by atoms with Gasteiger partial charge < -0.3 is 10.4 Å². The Morgan fingerprint density at radius 1 is 1.00 bits per heavy atom. The summed E-state index contributed by atoms with van der Waals surface area (Å²) in [6, 6.07) is 18.5. The molecule has 1 atom stereocenters. The van der Waals surface area contributed by atoms with Crippen molar-refractivity contribution in [1.29, 1.82) is 0 Å². The monoisotopic (exact) mass is 255 g/mol. The smallest absolute Gasteiger partial charge is 0.0652 e. The molecule has 0 aliphatic rings. The van der Waals surface area contributed by atoms with Gasteiger partial charge in [-0.15, -0.1) is 0 Å². The van der Waals surface area contributed by atoms with Crippen LogP contribution in [0.5, 0.6) is 0 Å². The van der Waals surface area contributed by atoms with Crippen LogP contribution in [-0.2, 0) is 12.1 Å². The average molecular weight is 255 g/mol. The lowest BCUT2D eigenvalue weighted by atomic mass is 9.92. The molecule has 2 aromatic rings. The minimum atomic E-state index is -0.411. The molecule has 0 heterocycles. The molecule has 2 N–H and O–H groups in total. The van der Waals surface area contributed by atoms with Crippen molar-refractivity contribution in [3.05, 3.63) is 71.3 Å². The van der Waals surface area contributed by atoms with Crippen molar-refractivity contribution in [3.63, 3.8) is 0 Å². The Balaban J connectivity index is 2.09. The third kappa shape index (κ3) is 3.43. The highest BCUT2D eigenvalue weighted by Gasteiger charge is 2.24. The van der Waals surface area contributed by atoms with Crippen LogP contribution in [0.4, 0.5) is 0 Å². The summed E-state index contributed by atoms with van der Waals surface area (Å²) >= 11 is 0. The highest BCUT2D eigenvalue weighted by atomic mass is 16.3. The van der Waals surface area contributed by atoms with Crippen LogP contribution in [0.2, 0.25) is 0 Å². The summed E-state index contributed by atoms with van der Waals surface area (Å²) in [6.07, 6.45) is 0. The Kier molecular flexibility index (Phi) is 4.35. The van der Waals surface area contributed by atoms with E-state index in [-0.39, 0.29) is 6.61 Å². The normalized spacial score (nSPS) is 14.1. The fourth-order valence-corrected chi connectivity index (χ4v) is 2.06. The third-order valence-electron chi connectivity index (χ3n) is 3.53. The number of hydrogen-bond acceptors (Lipinski definition) is 2. The molecule has 0 saturated carbocycles. The quantitative estimate of drug-likeness (QED) is 0.861. The topological polar surface area (TPSA) is 32.3 Å². The first kappa shape index (κ1) is 13.8. The Bertz CT molecular complexity index is 507. The second-order valence-corrected chi connectivity index (χ2v) is 5.20. The van der Waals surface area contributed by atoms with E-state index in [0.29, 0.717) is 0 Å². The van der Waals surface area contributed by atoms with E-state index in [4.69, 9.17) is 0 Å². The van der Waals surface area contributed by atoms with Gasteiger partial charge in [-0.2, -0.15) is 0 Å². The molecule has 0 fully saturated rings. The predicted molar refractivity (Wildman–Crippen MR) is 78.9 cm³/mol. The van der Waals surface area contributed by atoms with E-state index in [9.17, 15) is 5.11 Å². The van der Waals surface area contributed by atoms with Gasteiger partial charge in [0.25, 0.3) is 0 Å². The molecule has 0 amide bonds. The lowest BCUT2D eigenvalue weighted by Crippen LogP contribution is -2.42. The number of aryl methyl sites for hydroxylation is 1. The maximum Gasteiger partial charge on any atom is 0.0652 e. The first-order valence-corrected chi connectivity index (χ1v) is 6.61. The predicted octanol–water partition coefficient (Wildman–Crippen LogP) is 2.99. The summed E-state index contributed by atoms with van der Waals surface area (Å²) in [5.74, 6) is 0. The molecule has 0 saturated heterocycles. The molecule has 0 bridgehead atoms. The Morgan fingerprint density at radius 2 is 1.63 bits per heavy atom. The number of aliphatic hydroxyl groups excluding tert-OH is 1. The van der Waals surface area contributed by atoms with Gasteiger partial charge in [-0.1, -0.05) is 60.2 Å². The number of benzene rings is 2. The van der Waals surface area contributed by atoms with Crippen LogP contribution in [-0.4, -0.2) is 11.7 Å². The summed E-state index contributed by atoms with van der Waals surface area (Å²) in [6.45, 7) is 4.92. The number of nitrogens with one attached hydrogen (secondary N) is 1. The van der Waals surface area contributed by atoms with Crippen LogP contribution in [0.3, 0.4) is 0 Å². The maximum atomic E-state index is 9.70. The zero-order chi connectivity index (χ0) is 13.7. The molecule has 2 aromatic carbocycles. The highest BCUT2D eigenvalue weighted by Crippen LogP contribution is 2.20. The summed E-state index contributed by atoms with van der Waals surface area (Å²) in [4.78, 5) is 0. The number of rotatable bonds is 5. The van der Waals surface area contributed by atoms with Gasteiger partial charge in [-0.25, -0.2) is 0 Å². The van der Waals surface area contributed by atoms with E-state index < -0.39 is 5.54 Å². The first-order chi connectivity index (χ1) is 9.14. The van der Waals surface area contributed by atoms with Gasteiger partial charge in [-0.3, -0.25) is 0 Å². The van der Waals surface area contributed by atoms with Crippen molar-refractivity contribution >= 4 is 0 Å². The van der Waals surface area contributed by atoms with Crippen LogP contribution >= 0.6 is 0 Å². The fraction of sp³-hybridized carbons (Fsp3) is 0.294. The summed E-state index contributed by atoms with van der Waals surface area (Å²) in [5.41, 5.74) is 3.18. The van der Waals surface area contributed by atoms with Crippen molar-refractivity contribution in [3.8, 4) is 0 Å².